The number of carbonyl (C=O) groups excluding carboxylic acids is 2. The van der Waals surface area contributed by atoms with Crippen LogP contribution in [0.15, 0.2) is 34.8 Å². The first-order valence-electron chi connectivity index (χ1n) is 8.71. The molecule has 162 valence electrons. The summed E-state index contributed by atoms with van der Waals surface area (Å²) >= 11 is 2.22. The number of thiazole rings is 1. The van der Waals surface area contributed by atoms with Crippen LogP contribution in [-0.4, -0.2) is 49.4 Å². The number of methoxy groups -OCH3 is 1. The highest BCUT2D eigenvalue weighted by Crippen LogP contribution is 2.29. The zero-order valence-electron chi connectivity index (χ0n) is 16.3. The van der Waals surface area contributed by atoms with Crippen molar-refractivity contribution >= 4 is 51.7 Å². The maximum absolute atomic E-state index is 12.7. The van der Waals surface area contributed by atoms with Crippen molar-refractivity contribution in [2.75, 3.05) is 23.9 Å². The molecule has 0 aliphatic heterocycles. The second-order valence-electron chi connectivity index (χ2n) is 6.09. The van der Waals surface area contributed by atoms with Crippen molar-refractivity contribution < 1.29 is 19.2 Å². The van der Waals surface area contributed by atoms with Gasteiger partial charge in [0.15, 0.2) is 10.3 Å². The van der Waals surface area contributed by atoms with Gasteiger partial charge in [0.05, 0.1) is 23.5 Å². The Morgan fingerprint density at radius 2 is 2.19 bits per heavy atom. The predicted octanol–water partition coefficient (Wildman–Crippen LogP) is 2.36. The van der Waals surface area contributed by atoms with E-state index in [1.165, 1.54) is 35.1 Å². The van der Waals surface area contributed by atoms with Gasteiger partial charge in [0.2, 0.25) is 11.9 Å². The smallest absolute Gasteiger partial charge is 0.316 e. The number of ether oxygens (including phenoxy) is 1. The van der Waals surface area contributed by atoms with Crippen LogP contribution in [0.2, 0.25) is 0 Å². The second kappa shape index (κ2) is 9.53. The van der Waals surface area contributed by atoms with E-state index >= 15 is 0 Å². The zero-order valence-corrected chi connectivity index (χ0v) is 18.0. The number of hydrogen-bond donors (Lipinski definition) is 2. The summed E-state index contributed by atoms with van der Waals surface area (Å²) in [6, 6.07) is 5.26. The van der Waals surface area contributed by atoms with E-state index in [0.717, 1.165) is 11.8 Å². The number of nitrogens with two attached hydrogens (primary N) is 1. The Hall–Kier alpha value is -3.52. The standard InChI is InChI=1S/C17H17N7O5S2/c1-9(23-15(18)21-22-17(23)31-8-13(25)29-2)14(26)20-16-19-12(7-30-16)10-4-3-5-11(6-10)24(27)28/h3-7,9H,8H2,1-2H3,(H2,18,21)(H,19,20,26). The van der Waals surface area contributed by atoms with Crippen LogP contribution in [0.4, 0.5) is 16.8 Å². The number of non-ortho nitro benzene ring substituents is 1. The van der Waals surface area contributed by atoms with Crippen LogP contribution < -0.4 is 11.1 Å². The van der Waals surface area contributed by atoms with Gasteiger partial charge in [-0.2, -0.15) is 0 Å². The van der Waals surface area contributed by atoms with Gasteiger partial charge in [-0.05, 0) is 6.92 Å². The summed E-state index contributed by atoms with van der Waals surface area (Å²) < 4.78 is 5.99. The lowest BCUT2D eigenvalue weighted by Crippen LogP contribution is -2.25. The molecule has 2 aromatic heterocycles. The van der Waals surface area contributed by atoms with Crippen molar-refractivity contribution in [3.63, 3.8) is 0 Å². The molecule has 3 aromatic rings. The number of rotatable bonds is 8. The molecule has 2 heterocycles. The van der Waals surface area contributed by atoms with Gasteiger partial charge in [0.25, 0.3) is 5.69 Å². The Kier molecular flexibility index (Phi) is 6.81. The molecule has 31 heavy (non-hydrogen) atoms. The highest BCUT2D eigenvalue weighted by molar-refractivity contribution is 7.99. The van der Waals surface area contributed by atoms with Crippen molar-refractivity contribution in [1.82, 2.24) is 19.7 Å². The van der Waals surface area contributed by atoms with Gasteiger partial charge in [0.1, 0.15) is 6.04 Å². The van der Waals surface area contributed by atoms with E-state index in [1.54, 1.807) is 24.4 Å². The quantitative estimate of drug-likeness (QED) is 0.219. The van der Waals surface area contributed by atoms with Gasteiger partial charge in [0, 0.05) is 23.1 Å². The van der Waals surface area contributed by atoms with Crippen molar-refractivity contribution in [1.29, 1.82) is 0 Å². The summed E-state index contributed by atoms with van der Waals surface area (Å²) in [6.07, 6.45) is 0. The minimum absolute atomic E-state index is 0.0119. The lowest BCUT2D eigenvalue weighted by atomic mass is 10.1. The number of esters is 1. The SMILES string of the molecule is COC(=O)CSc1nnc(N)n1C(C)C(=O)Nc1nc(-c2cccc([N+](=O)[O-])c2)cs1. The molecule has 0 fully saturated rings. The number of nitrogens with zero attached hydrogens (tertiary/aromatic N) is 5. The number of hydrogen-bond acceptors (Lipinski definition) is 11. The second-order valence-corrected chi connectivity index (χ2v) is 7.89. The predicted molar refractivity (Wildman–Crippen MR) is 115 cm³/mol. The van der Waals surface area contributed by atoms with Crippen molar-refractivity contribution in [3.05, 3.63) is 39.8 Å². The van der Waals surface area contributed by atoms with Gasteiger partial charge in [-0.25, -0.2) is 4.98 Å². The number of nitrogens with one attached hydrogen (secondary N) is 1. The number of anilines is 2. The summed E-state index contributed by atoms with van der Waals surface area (Å²) in [4.78, 5) is 38.9. The minimum atomic E-state index is -0.791. The Bertz CT molecular complexity index is 1130. The first-order valence-corrected chi connectivity index (χ1v) is 10.6. The summed E-state index contributed by atoms with van der Waals surface area (Å²) in [7, 11) is 1.27. The third-order valence-electron chi connectivity index (χ3n) is 4.09. The van der Waals surface area contributed by atoms with E-state index in [9.17, 15) is 19.7 Å². The van der Waals surface area contributed by atoms with E-state index in [4.69, 9.17) is 5.73 Å². The summed E-state index contributed by atoms with van der Waals surface area (Å²) in [5, 5.41) is 23.6. The zero-order chi connectivity index (χ0) is 22.5. The summed E-state index contributed by atoms with van der Waals surface area (Å²) in [5.41, 5.74) is 6.85. The van der Waals surface area contributed by atoms with Crippen LogP contribution in [0.1, 0.15) is 13.0 Å². The van der Waals surface area contributed by atoms with Crippen LogP contribution >= 0.6 is 23.1 Å². The molecule has 1 amide bonds. The summed E-state index contributed by atoms with van der Waals surface area (Å²) in [6.45, 7) is 1.60. The molecule has 0 saturated carbocycles. The van der Waals surface area contributed by atoms with Crippen molar-refractivity contribution in [2.24, 2.45) is 0 Å². The Morgan fingerprint density at radius 1 is 1.42 bits per heavy atom. The third kappa shape index (κ3) is 5.16. The molecule has 0 aliphatic carbocycles. The fourth-order valence-electron chi connectivity index (χ4n) is 2.50. The number of nitro groups is 1. The molecule has 1 unspecified atom stereocenters. The van der Waals surface area contributed by atoms with Crippen LogP contribution in [0.25, 0.3) is 11.3 Å². The van der Waals surface area contributed by atoms with E-state index in [2.05, 4.69) is 25.2 Å². The van der Waals surface area contributed by atoms with Crippen LogP contribution in [-0.2, 0) is 14.3 Å². The van der Waals surface area contributed by atoms with Gasteiger partial charge in [-0.15, -0.1) is 21.5 Å². The van der Waals surface area contributed by atoms with Crippen LogP contribution in [0.3, 0.4) is 0 Å². The molecular weight excluding hydrogens is 446 g/mol. The monoisotopic (exact) mass is 463 g/mol. The molecule has 1 atom stereocenters. The average Bonchev–Trinajstić information content (AvgIpc) is 3.37. The topological polar surface area (TPSA) is 168 Å². The molecule has 0 aliphatic rings. The largest absolute Gasteiger partial charge is 0.468 e. The lowest BCUT2D eigenvalue weighted by molar-refractivity contribution is -0.384. The Labute approximate surface area is 184 Å². The number of nitro benzene ring substituents is 1. The molecule has 3 N–H and O–H groups in total. The summed E-state index contributed by atoms with van der Waals surface area (Å²) in [5.74, 6) is -0.869. The van der Waals surface area contributed by atoms with Crippen molar-refractivity contribution in [2.45, 2.75) is 18.1 Å². The molecule has 14 heteroatoms. The Balaban J connectivity index is 1.73. The molecule has 0 bridgehead atoms. The van der Waals surface area contributed by atoms with Gasteiger partial charge in [-0.1, -0.05) is 23.9 Å². The lowest BCUT2D eigenvalue weighted by Gasteiger charge is -2.15. The Morgan fingerprint density at radius 3 is 2.90 bits per heavy atom. The van der Waals surface area contributed by atoms with E-state index in [0.29, 0.717) is 21.5 Å². The average molecular weight is 464 g/mol. The van der Waals surface area contributed by atoms with E-state index < -0.39 is 22.8 Å². The van der Waals surface area contributed by atoms with Gasteiger partial charge >= 0.3 is 5.97 Å². The fourth-order valence-corrected chi connectivity index (χ4v) is 4.08. The molecule has 0 spiro atoms. The number of thioether (sulfide) groups is 1. The van der Waals surface area contributed by atoms with Crippen molar-refractivity contribution in [3.8, 4) is 11.3 Å². The van der Waals surface area contributed by atoms with Gasteiger partial charge < -0.3 is 15.8 Å². The molecule has 12 nitrogen and oxygen atoms in total. The molecule has 0 saturated heterocycles. The highest BCUT2D eigenvalue weighted by atomic mass is 32.2. The normalized spacial score (nSPS) is 11.7. The van der Waals surface area contributed by atoms with Crippen LogP contribution in [0.5, 0.6) is 0 Å². The molecular formula is C17H17N7O5S2. The number of nitrogen functional groups attached to an aromatic ring is 1. The fraction of sp³-hybridized carbons (Fsp3) is 0.235. The highest BCUT2D eigenvalue weighted by Gasteiger charge is 2.24. The van der Waals surface area contributed by atoms with Crippen LogP contribution in [0, 0.1) is 10.1 Å². The number of benzene rings is 1. The maximum atomic E-state index is 12.7. The molecule has 3 rings (SSSR count). The number of amides is 1. The maximum Gasteiger partial charge on any atom is 0.316 e. The van der Waals surface area contributed by atoms with E-state index in [-0.39, 0.29) is 17.4 Å². The third-order valence-corrected chi connectivity index (χ3v) is 5.77. The first-order chi connectivity index (χ1) is 14.8. The minimum Gasteiger partial charge on any atom is -0.468 e. The van der Waals surface area contributed by atoms with E-state index in [1.807, 2.05) is 0 Å². The number of carbonyl (C=O) groups is 2. The first kappa shape index (κ1) is 22.2. The van der Waals surface area contributed by atoms with Gasteiger partial charge in [-0.3, -0.25) is 24.3 Å². The molecule has 0 radical (unpaired) electrons. The molecule has 1 aromatic carbocycles. The number of aromatic nitrogens is 4.